The zero-order valence-electron chi connectivity index (χ0n) is 17.2. The maximum Gasteiger partial charge on any atom is 0.240 e. The number of rotatable bonds is 6. The van der Waals surface area contributed by atoms with Gasteiger partial charge >= 0.3 is 0 Å². The lowest BCUT2D eigenvalue weighted by Gasteiger charge is -2.14. The third-order valence-corrected chi connectivity index (χ3v) is 7.27. The van der Waals surface area contributed by atoms with Crippen LogP contribution in [0.25, 0.3) is 22.2 Å². The Balaban J connectivity index is 1.35. The highest BCUT2D eigenvalue weighted by molar-refractivity contribution is 7.89. The first-order valence-corrected chi connectivity index (χ1v) is 12.1. The molecule has 0 spiro atoms. The van der Waals surface area contributed by atoms with E-state index in [9.17, 15) is 8.42 Å². The van der Waals surface area contributed by atoms with Crippen molar-refractivity contribution < 1.29 is 8.42 Å². The molecule has 158 valence electrons. The van der Waals surface area contributed by atoms with Crippen molar-refractivity contribution in [2.24, 2.45) is 0 Å². The second kappa shape index (κ2) is 8.24. The Hall–Kier alpha value is -3.03. The topological polar surface area (TPSA) is 76.9 Å². The summed E-state index contributed by atoms with van der Waals surface area (Å²) >= 11 is 0. The first-order valence-electron chi connectivity index (χ1n) is 10.6. The van der Waals surface area contributed by atoms with Gasteiger partial charge < -0.3 is 0 Å². The van der Waals surface area contributed by atoms with E-state index in [1.54, 1.807) is 18.3 Å². The molecule has 1 N–H and O–H groups in total. The van der Waals surface area contributed by atoms with Crippen LogP contribution in [0.2, 0.25) is 0 Å². The number of sulfonamides is 1. The summed E-state index contributed by atoms with van der Waals surface area (Å²) in [5.41, 5.74) is 4.25. The van der Waals surface area contributed by atoms with Crippen LogP contribution in [-0.2, 0) is 29.4 Å². The van der Waals surface area contributed by atoms with Crippen LogP contribution in [0.5, 0.6) is 0 Å². The first kappa shape index (κ1) is 19.9. The molecule has 0 saturated carbocycles. The molecule has 0 atom stereocenters. The maximum absolute atomic E-state index is 12.8. The molecule has 0 saturated heterocycles. The van der Waals surface area contributed by atoms with Crippen molar-refractivity contribution in [1.29, 1.82) is 0 Å². The van der Waals surface area contributed by atoms with Crippen LogP contribution in [0.3, 0.4) is 0 Å². The van der Waals surface area contributed by atoms with Crippen LogP contribution < -0.4 is 4.72 Å². The average molecular weight is 433 g/mol. The van der Waals surface area contributed by atoms with Gasteiger partial charge in [0.15, 0.2) is 0 Å². The molecule has 0 fully saturated rings. The molecule has 2 heterocycles. The molecular weight excluding hydrogens is 408 g/mol. The van der Waals surface area contributed by atoms with E-state index in [4.69, 9.17) is 5.10 Å². The van der Waals surface area contributed by atoms with Crippen molar-refractivity contribution >= 4 is 20.8 Å². The number of nitrogens with zero attached hydrogens (tertiary/aromatic N) is 3. The van der Waals surface area contributed by atoms with Gasteiger partial charge in [-0.25, -0.2) is 13.1 Å². The van der Waals surface area contributed by atoms with E-state index in [0.29, 0.717) is 6.54 Å². The van der Waals surface area contributed by atoms with E-state index in [-0.39, 0.29) is 11.4 Å². The Morgan fingerprint density at radius 3 is 2.58 bits per heavy atom. The van der Waals surface area contributed by atoms with Gasteiger partial charge in [-0.3, -0.25) is 9.67 Å². The summed E-state index contributed by atoms with van der Waals surface area (Å²) in [4.78, 5) is 4.75. The van der Waals surface area contributed by atoms with Crippen LogP contribution in [0, 0.1) is 0 Å². The fourth-order valence-electron chi connectivity index (χ4n) is 4.27. The van der Waals surface area contributed by atoms with Crippen LogP contribution in [0.4, 0.5) is 0 Å². The van der Waals surface area contributed by atoms with Crippen LogP contribution in [0.1, 0.15) is 24.1 Å². The van der Waals surface area contributed by atoms with Crippen molar-refractivity contribution in [3.63, 3.8) is 0 Å². The molecule has 7 heteroatoms. The molecule has 0 aliphatic heterocycles. The second-order valence-corrected chi connectivity index (χ2v) is 9.59. The van der Waals surface area contributed by atoms with Gasteiger partial charge in [0.2, 0.25) is 10.0 Å². The minimum absolute atomic E-state index is 0.280. The van der Waals surface area contributed by atoms with E-state index in [0.717, 1.165) is 47.8 Å². The third-order valence-electron chi connectivity index (χ3n) is 5.81. The van der Waals surface area contributed by atoms with Crippen molar-refractivity contribution in [1.82, 2.24) is 19.5 Å². The number of fused-ring (bicyclic) bond motifs is 2. The third kappa shape index (κ3) is 3.98. The molecule has 1 aliphatic carbocycles. The Morgan fingerprint density at radius 2 is 1.74 bits per heavy atom. The predicted octanol–water partition coefficient (Wildman–Crippen LogP) is 3.96. The van der Waals surface area contributed by atoms with Crippen molar-refractivity contribution in [3.05, 3.63) is 78.1 Å². The first-order chi connectivity index (χ1) is 15.1. The van der Waals surface area contributed by atoms with Crippen LogP contribution >= 0.6 is 0 Å². The second-order valence-electron chi connectivity index (χ2n) is 7.83. The van der Waals surface area contributed by atoms with Crippen LogP contribution in [0.15, 0.2) is 71.8 Å². The Bertz CT molecular complexity index is 1330. The zero-order valence-corrected chi connectivity index (χ0v) is 18.0. The van der Waals surface area contributed by atoms with Crippen molar-refractivity contribution in [2.75, 3.05) is 6.54 Å². The van der Waals surface area contributed by atoms with E-state index in [2.05, 4.69) is 9.71 Å². The fourth-order valence-corrected chi connectivity index (χ4v) is 5.32. The number of aromatic nitrogens is 3. The predicted molar refractivity (Wildman–Crippen MR) is 121 cm³/mol. The highest BCUT2D eigenvalue weighted by Crippen LogP contribution is 2.30. The number of benzene rings is 2. The average Bonchev–Trinajstić information content (AvgIpc) is 3.18. The van der Waals surface area contributed by atoms with E-state index >= 15 is 0 Å². The van der Waals surface area contributed by atoms with E-state index in [1.165, 1.54) is 11.3 Å². The molecule has 0 amide bonds. The highest BCUT2D eigenvalue weighted by atomic mass is 32.2. The Labute approximate surface area is 182 Å². The summed E-state index contributed by atoms with van der Waals surface area (Å²) in [5.74, 6) is 0. The molecule has 2 aromatic heterocycles. The molecule has 4 aromatic rings. The lowest BCUT2D eigenvalue weighted by atomic mass is 9.95. The normalized spacial score (nSPS) is 13.9. The van der Waals surface area contributed by atoms with Gasteiger partial charge in [-0.1, -0.05) is 36.4 Å². The highest BCUT2D eigenvalue weighted by Gasteiger charge is 2.22. The zero-order chi connectivity index (χ0) is 21.3. The quantitative estimate of drug-likeness (QED) is 0.500. The molecule has 2 aromatic carbocycles. The van der Waals surface area contributed by atoms with Gasteiger partial charge in [0, 0.05) is 24.0 Å². The monoisotopic (exact) mass is 432 g/mol. The number of pyridine rings is 1. The largest absolute Gasteiger partial charge is 0.267 e. The SMILES string of the molecule is O=S(=O)(NCCn1nc(-c2ccccn2)c2c1CCCC2)c1ccc2ccccc2c1. The van der Waals surface area contributed by atoms with Gasteiger partial charge in [-0.05, 0) is 60.7 Å². The van der Waals surface area contributed by atoms with Gasteiger partial charge in [-0.15, -0.1) is 0 Å². The van der Waals surface area contributed by atoms with Gasteiger partial charge in [-0.2, -0.15) is 5.10 Å². The van der Waals surface area contributed by atoms with Gasteiger partial charge in [0.25, 0.3) is 0 Å². The summed E-state index contributed by atoms with van der Waals surface area (Å²) in [6.07, 6.45) is 6.01. The fraction of sp³-hybridized carbons (Fsp3) is 0.250. The van der Waals surface area contributed by atoms with Crippen LogP contribution in [-0.4, -0.2) is 29.7 Å². The number of nitrogens with one attached hydrogen (secondary N) is 1. The standard InChI is InChI=1S/C24H24N4O2S/c29-31(30,20-13-12-18-7-1-2-8-19(18)17-20)26-15-16-28-23-11-4-3-9-21(23)24(27-28)22-10-5-6-14-25-22/h1-2,5-8,10,12-14,17,26H,3-4,9,11,15-16H2. The lowest BCUT2D eigenvalue weighted by Crippen LogP contribution is -2.28. The molecular formula is C24H24N4O2S. The van der Waals surface area contributed by atoms with Crippen molar-refractivity contribution in [2.45, 2.75) is 37.1 Å². The minimum Gasteiger partial charge on any atom is -0.267 e. The molecule has 1 aliphatic rings. The van der Waals surface area contributed by atoms with E-state index < -0.39 is 10.0 Å². The molecule has 6 nitrogen and oxygen atoms in total. The maximum atomic E-state index is 12.8. The Kier molecular flexibility index (Phi) is 5.29. The number of hydrogen-bond acceptors (Lipinski definition) is 4. The molecule has 31 heavy (non-hydrogen) atoms. The smallest absolute Gasteiger partial charge is 0.240 e. The summed E-state index contributed by atoms with van der Waals surface area (Å²) in [6, 6.07) is 18.8. The summed E-state index contributed by atoms with van der Waals surface area (Å²) in [6.45, 7) is 0.771. The van der Waals surface area contributed by atoms with Gasteiger partial charge in [0.1, 0.15) is 5.69 Å². The number of hydrogen-bond donors (Lipinski definition) is 1. The molecule has 0 unspecified atom stereocenters. The molecule has 0 radical (unpaired) electrons. The minimum atomic E-state index is -3.59. The van der Waals surface area contributed by atoms with E-state index in [1.807, 2.05) is 53.2 Å². The molecule has 5 rings (SSSR count). The summed E-state index contributed by atoms with van der Waals surface area (Å²) < 4.78 is 30.4. The van der Waals surface area contributed by atoms with Crippen molar-refractivity contribution in [3.8, 4) is 11.4 Å². The lowest BCUT2D eigenvalue weighted by molar-refractivity contribution is 0.539. The summed E-state index contributed by atoms with van der Waals surface area (Å²) in [7, 11) is -3.59. The molecule has 0 bridgehead atoms. The van der Waals surface area contributed by atoms with Gasteiger partial charge in [0.05, 0.1) is 17.1 Å². The Morgan fingerprint density at radius 1 is 0.935 bits per heavy atom. The summed E-state index contributed by atoms with van der Waals surface area (Å²) in [5, 5.41) is 6.74.